The molecule has 1 fully saturated rings. The molecule has 25 heavy (non-hydrogen) atoms. The number of ether oxygens (including phenoxy) is 1. The molecule has 1 atom stereocenters. The molecule has 0 saturated carbocycles. The number of hydrogen-bond acceptors (Lipinski definition) is 3. The van der Waals surface area contributed by atoms with Gasteiger partial charge in [0.2, 0.25) is 0 Å². The summed E-state index contributed by atoms with van der Waals surface area (Å²) in [6.45, 7) is 2.97. The van der Waals surface area contributed by atoms with Crippen molar-refractivity contribution in [2.75, 3.05) is 13.1 Å². The first-order valence-electron chi connectivity index (χ1n) is 8.22. The maximum absolute atomic E-state index is 12.6. The number of nitrogens with zero attached hydrogens (tertiary/aromatic N) is 1. The summed E-state index contributed by atoms with van der Waals surface area (Å²) in [5.74, 6) is 0.955. The van der Waals surface area contributed by atoms with Gasteiger partial charge in [0.1, 0.15) is 11.5 Å². The highest BCUT2D eigenvalue weighted by Gasteiger charge is 2.27. The van der Waals surface area contributed by atoms with Crippen LogP contribution in [0.2, 0.25) is 0 Å². The number of para-hydroxylation sites is 1. The van der Waals surface area contributed by atoms with Crippen molar-refractivity contribution in [1.82, 2.24) is 10.2 Å². The second-order valence-electron chi connectivity index (χ2n) is 6.16. The van der Waals surface area contributed by atoms with E-state index >= 15 is 0 Å². The van der Waals surface area contributed by atoms with Crippen LogP contribution in [0.4, 0.5) is 4.79 Å². The van der Waals surface area contributed by atoms with E-state index in [-0.39, 0.29) is 11.9 Å². The first-order chi connectivity index (χ1) is 12.0. The average molecular weight is 339 g/mol. The van der Waals surface area contributed by atoms with E-state index < -0.39 is 6.03 Å². The molecule has 0 aromatic heterocycles. The van der Waals surface area contributed by atoms with Crippen molar-refractivity contribution in [2.45, 2.75) is 19.4 Å². The Bertz CT molecular complexity index is 791. The fourth-order valence-electron chi connectivity index (χ4n) is 2.89. The number of aryl methyl sites for hydroxylation is 1. The van der Waals surface area contributed by atoms with Crippen LogP contribution < -0.4 is 15.8 Å². The molecule has 130 valence electrons. The molecule has 6 heteroatoms. The first-order valence-corrected chi connectivity index (χ1v) is 8.22. The zero-order valence-electron chi connectivity index (χ0n) is 14.1. The van der Waals surface area contributed by atoms with E-state index in [0.717, 1.165) is 5.56 Å². The minimum absolute atomic E-state index is 0.105. The molecule has 1 aliphatic heterocycles. The molecule has 3 amide bonds. The van der Waals surface area contributed by atoms with Crippen molar-refractivity contribution >= 4 is 11.9 Å². The number of carbonyl (C=O) groups excluding carboxylic acids is 2. The van der Waals surface area contributed by atoms with Gasteiger partial charge in [-0.3, -0.25) is 4.79 Å². The molecule has 1 saturated heterocycles. The van der Waals surface area contributed by atoms with Gasteiger partial charge in [0, 0.05) is 19.1 Å². The second-order valence-corrected chi connectivity index (χ2v) is 6.16. The number of nitrogens with one attached hydrogen (secondary N) is 1. The van der Waals surface area contributed by atoms with Gasteiger partial charge < -0.3 is 20.7 Å². The van der Waals surface area contributed by atoms with Crippen molar-refractivity contribution in [3.8, 4) is 11.5 Å². The largest absolute Gasteiger partial charge is 0.457 e. The Morgan fingerprint density at radius 1 is 1.20 bits per heavy atom. The Hall–Kier alpha value is -3.02. The van der Waals surface area contributed by atoms with Crippen LogP contribution in [0, 0.1) is 6.92 Å². The van der Waals surface area contributed by atoms with Crippen LogP contribution in [-0.2, 0) is 0 Å². The van der Waals surface area contributed by atoms with Crippen molar-refractivity contribution in [1.29, 1.82) is 0 Å². The molecular weight excluding hydrogens is 318 g/mol. The first kappa shape index (κ1) is 16.8. The summed E-state index contributed by atoms with van der Waals surface area (Å²) in [5.41, 5.74) is 6.82. The quantitative estimate of drug-likeness (QED) is 0.898. The average Bonchev–Trinajstić information content (AvgIpc) is 3.04. The van der Waals surface area contributed by atoms with E-state index in [0.29, 0.717) is 36.6 Å². The summed E-state index contributed by atoms with van der Waals surface area (Å²) in [4.78, 5) is 25.4. The van der Waals surface area contributed by atoms with E-state index in [9.17, 15) is 9.59 Å². The third-order valence-corrected chi connectivity index (χ3v) is 4.18. The number of nitrogens with two attached hydrogens (primary N) is 1. The summed E-state index contributed by atoms with van der Waals surface area (Å²) in [5, 5.41) is 2.95. The zero-order chi connectivity index (χ0) is 17.8. The van der Waals surface area contributed by atoms with E-state index in [1.807, 2.05) is 37.3 Å². The molecule has 2 aromatic carbocycles. The maximum Gasteiger partial charge on any atom is 0.314 e. The van der Waals surface area contributed by atoms with Crippen LogP contribution in [0.5, 0.6) is 11.5 Å². The molecule has 1 aliphatic rings. The van der Waals surface area contributed by atoms with Gasteiger partial charge in [-0.05, 0) is 43.2 Å². The molecular formula is C19H21N3O3. The number of benzene rings is 2. The van der Waals surface area contributed by atoms with Gasteiger partial charge in [-0.15, -0.1) is 0 Å². The van der Waals surface area contributed by atoms with Gasteiger partial charge in [-0.25, -0.2) is 4.79 Å². The highest BCUT2D eigenvalue weighted by molar-refractivity contribution is 5.97. The molecule has 1 heterocycles. The lowest BCUT2D eigenvalue weighted by atomic mass is 10.1. The lowest BCUT2D eigenvalue weighted by molar-refractivity contribution is 0.0935. The summed E-state index contributed by atoms with van der Waals surface area (Å²) < 4.78 is 5.89. The number of urea groups is 1. The number of likely N-dealkylation sites (tertiary alicyclic amines) is 1. The minimum Gasteiger partial charge on any atom is -0.457 e. The van der Waals surface area contributed by atoms with Gasteiger partial charge in [-0.2, -0.15) is 0 Å². The molecule has 3 N–H and O–H groups in total. The van der Waals surface area contributed by atoms with Crippen molar-refractivity contribution < 1.29 is 14.3 Å². The normalized spacial score (nSPS) is 16.5. The van der Waals surface area contributed by atoms with Crippen LogP contribution in [0.1, 0.15) is 22.3 Å². The van der Waals surface area contributed by atoms with Crippen molar-refractivity contribution in [2.24, 2.45) is 5.73 Å². The van der Waals surface area contributed by atoms with Gasteiger partial charge in [0.25, 0.3) is 5.91 Å². The summed E-state index contributed by atoms with van der Waals surface area (Å²) in [6, 6.07) is 14.2. The molecule has 0 bridgehead atoms. The molecule has 6 nitrogen and oxygen atoms in total. The zero-order valence-corrected chi connectivity index (χ0v) is 14.1. The Kier molecular flexibility index (Phi) is 4.88. The Balaban J connectivity index is 1.72. The molecule has 2 aromatic rings. The van der Waals surface area contributed by atoms with Gasteiger partial charge in [-0.1, -0.05) is 24.3 Å². The lowest BCUT2D eigenvalue weighted by Gasteiger charge is -2.16. The lowest BCUT2D eigenvalue weighted by Crippen LogP contribution is -2.40. The predicted molar refractivity (Wildman–Crippen MR) is 94.7 cm³/mol. The summed E-state index contributed by atoms with van der Waals surface area (Å²) in [6.07, 6.45) is 0.690. The van der Waals surface area contributed by atoms with Gasteiger partial charge >= 0.3 is 6.03 Å². The standard InChI is InChI=1S/C19H21N3O3/c1-13-5-4-6-15(11-13)25-17-8-3-2-7-16(17)18(23)21-14-9-10-22(12-14)19(20)24/h2-8,11,14H,9-10,12H2,1H3,(H2,20,24)(H,21,23)/t14-/m0/s1. The number of amides is 3. The van der Waals surface area contributed by atoms with E-state index in [2.05, 4.69) is 5.32 Å². The van der Waals surface area contributed by atoms with Crippen LogP contribution in [0.3, 0.4) is 0 Å². The highest BCUT2D eigenvalue weighted by atomic mass is 16.5. The fourth-order valence-corrected chi connectivity index (χ4v) is 2.89. The summed E-state index contributed by atoms with van der Waals surface area (Å²) in [7, 11) is 0. The van der Waals surface area contributed by atoms with Crippen LogP contribution in [0.25, 0.3) is 0 Å². The van der Waals surface area contributed by atoms with Gasteiger partial charge in [0.15, 0.2) is 0 Å². The van der Waals surface area contributed by atoms with Crippen LogP contribution >= 0.6 is 0 Å². The summed E-state index contributed by atoms with van der Waals surface area (Å²) >= 11 is 0. The maximum atomic E-state index is 12.6. The smallest absolute Gasteiger partial charge is 0.314 e. The fraction of sp³-hybridized carbons (Fsp3) is 0.263. The number of rotatable bonds is 4. The Morgan fingerprint density at radius 3 is 2.72 bits per heavy atom. The topological polar surface area (TPSA) is 84.7 Å². The molecule has 0 radical (unpaired) electrons. The monoisotopic (exact) mass is 339 g/mol. The van der Waals surface area contributed by atoms with Crippen LogP contribution in [0.15, 0.2) is 48.5 Å². The molecule has 3 rings (SSSR count). The number of primary amides is 1. The third-order valence-electron chi connectivity index (χ3n) is 4.18. The second kappa shape index (κ2) is 7.25. The van der Waals surface area contributed by atoms with E-state index in [1.165, 1.54) is 4.90 Å². The Labute approximate surface area is 146 Å². The van der Waals surface area contributed by atoms with Gasteiger partial charge in [0.05, 0.1) is 5.56 Å². The number of carbonyl (C=O) groups is 2. The minimum atomic E-state index is -0.458. The molecule has 0 spiro atoms. The van der Waals surface area contributed by atoms with Crippen molar-refractivity contribution in [3.05, 3.63) is 59.7 Å². The van der Waals surface area contributed by atoms with Crippen LogP contribution in [-0.4, -0.2) is 36.0 Å². The molecule has 0 aliphatic carbocycles. The SMILES string of the molecule is Cc1cccc(Oc2ccccc2C(=O)N[C@H]2CCN(C(N)=O)C2)c1. The number of hydrogen-bond donors (Lipinski definition) is 2. The van der Waals surface area contributed by atoms with E-state index in [4.69, 9.17) is 10.5 Å². The molecule has 0 unspecified atom stereocenters. The van der Waals surface area contributed by atoms with E-state index in [1.54, 1.807) is 18.2 Å². The predicted octanol–water partition coefficient (Wildman–Crippen LogP) is 2.67. The third kappa shape index (κ3) is 4.09. The Morgan fingerprint density at radius 2 is 2.00 bits per heavy atom. The highest BCUT2D eigenvalue weighted by Crippen LogP contribution is 2.26. The van der Waals surface area contributed by atoms with Crippen molar-refractivity contribution in [3.63, 3.8) is 0 Å².